The van der Waals surface area contributed by atoms with Crippen molar-refractivity contribution >= 4 is 44.4 Å². The third kappa shape index (κ3) is 4.21. The molecule has 1 fully saturated rings. The molecule has 4 rings (SSSR count). The fourth-order valence-corrected chi connectivity index (χ4v) is 5.68. The molecule has 3 aromatic rings. The molecule has 1 saturated heterocycles. The van der Waals surface area contributed by atoms with E-state index in [0.717, 1.165) is 23.8 Å². The Bertz CT molecular complexity index is 1470. The summed E-state index contributed by atoms with van der Waals surface area (Å²) >= 11 is 6.16. The fourth-order valence-electron chi connectivity index (χ4n) is 3.90. The van der Waals surface area contributed by atoms with Crippen LogP contribution in [-0.2, 0) is 35.5 Å². The number of carbonyl (C=O) groups excluding carboxylic acids is 1. The predicted molar refractivity (Wildman–Crippen MR) is 123 cm³/mol. The maximum Gasteiger partial charge on any atom is 0.332 e. The highest BCUT2D eigenvalue weighted by Crippen LogP contribution is 2.23. The van der Waals surface area contributed by atoms with Gasteiger partial charge in [0.15, 0.2) is 11.2 Å². The molecular formula is C20H23ClN6O5S. The molecule has 3 heterocycles. The van der Waals surface area contributed by atoms with Crippen molar-refractivity contribution in [1.82, 2.24) is 23.0 Å². The Kier molecular flexibility index (Phi) is 6.16. The van der Waals surface area contributed by atoms with Crippen molar-refractivity contribution in [2.75, 3.05) is 18.4 Å². The van der Waals surface area contributed by atoms with Crippen molar-refractivity contribution in [1.29, 1.82) is 0 Å². The van der Waals surface area contributed by atoms with Gasteiger partial charge in [-0.3, -0.25) is 23.3 Å². The van der Waals surface area contributed by atoms with E-state index in [9.17, 15) is 22.8 Å². The standard InChI is InChI=1S/C20H23ClN6O5S/c1-24-17-16(18(29)25(2)20(24)30)27(19(21)23-17)12-15(28)22-13-7-6-8-14(11-13)33(31,32)26-9-4-3-5-10-26/h6-8,11H,3-5,9-10,12H2,1-2H3,(H,22,28). The molecule has 0 radical (unpaired) electrons. The first kappa shape index (κ1) is 23.2. The number of aryl methyl sites for hydroxylation is 1. The van der Waals surface area contributed by atoms with Gasteiger partial charge in [0.2, 0.25) is 21.2 Å². The molecule has 0 saturated carbocycles. The van der Waals surface area contributed by atoms with E-state index in [1.54, 1.807) is 12.1 Å². The van der Waals surface area contributed by atoms with Gasteiger partial charge in [0.25, 0.3) is 5.56 Å². The number of hydrogen-bond donors (Lipinski definition) is 1. The first-order valence-electron chi connectivity index (χ1n) is 10.3. The van der Waals surface area contributed by atoms with Gasteiger partial charge in [-0.05, 0) is 42.6 Å². The minimum atomic E-state index is -3.66. The number of carbonyl (C=O) groups is 1. The molecule has 1 aliphatic rings. The van der Waals surface area contributed by atoms with Crippen molar-refractivity contribution < 1.29 is 13.2 Å². The Morgan fingerprint density at radius 3 is 2.52 bits per heavy atom. The second-order valence-corrected chi connectivity index (χ2v) is 10.2. The Labute approximate surface area is 194 Å². The lowest BCUT2D eigenvalue weighted by Gasteiger charge is -2.26. The number of benzene rings is 1. The van der Waals surface area contributed by atoms with Crippen LogP contribution in [0.5, 0.6) is 0 Å². The first-order chi connectivity index (χ1) is 15.6. The molecule has 0 spiro atoms. The van der Waals surface area contributed by atoms with Crippen molar-refractivity contribution in [3.8, 4) is 0 Å². The van der Waals surface area contributed by atoms with Gasteiger partial charge in [0, 0.05) is 32.9 Å². The van der Waals surface area contributed by atoms with E-state index in [4.69, 9.17) is 11.6 Å². The molecule has 13 heteroatoms. The highest BCUT2D eigenvalue weighted by molar-refractivity contribution is 7.89. The molecule has 0 atom stereocenters. The molecule has 1 amide bonds. The molecule has 176 valence electrons. The molecular weight excluding hydrogens is 472 g/mol. The molecule has 11 nitrogen and oxygen atoms in total. The molecule has 1 aromatic carbocycles. The molecule has 0 aliphatic carbocycles. The largest absolute Gasteiger partial charge is 0.332 e. The zero-order chi connectivity index (χ0) is 23.9. The minimum absolute atomic E-state index is 0.0150. The van der Waals surface area contributed by atoms with Crippen molar-refractivity contribution in [2.24, 2.45) is 14.1 Å². The average Bonchev–Trinajstić information content (AvgIpc) is 3.13. The normalized spacial score (nSPS) is 15.1. The summed E-state index contributed by atoms with van der Waals surface area (Å²) in [7, 11) is -0.882. The number of amides is 1. The fraction of sp³-hybridized carbons (Fsp3) is 0.400. The summed E-state index contributed by atoms with van der Waals surface area (Å²) in [6, 6.07) is 6.02. The number of piperidine rings is 1. The van der Waals surface area contributed by atoms with Gasteiger partial charge in [-0.15, -0.1) is 0 Å². The van der Waals surface area contributed by atoms with Crippen LogP contribution in [0.25, 0.3) is 11.2 Å². The molecule has 33 heavy (non-hydrogen) atoms. The zero-order valence-corrected chi connectivity index (χ0v) is 19.7. The number of imidazole rings is 1. The number of aromatic nitrogens is 4. The van der Waals surface area contributed by atoms with E-state index in [1.165, 1.54) is 39.7 Å². The molecule has 1 N–H and O–H groups in total. The van der Waals surface area contributed by atoms with Gasteiger partial charge < -0.3 is 5.32 Å². The summed E-state index contributed by atoms with van der Waals surface area (Å²) in [4.78, 5) is 41.6. The average molecular weight is 495 g/mol. The maximum absolute atomic E-state index is 12.9. The van der Waals surface area contributed by atoms with Gasteiger partial charge >= 0.3 is 5.69 Å². The molecule has 0 unspecified atom stereocenters. The highest BCUT2D eigenvalue weighted by atomic mass is 35.5. The van der Waals surface area contributed by atoms with Crippen LogP contribution in [0.4, 0.5) is 5.69 Å². The van der Waals surface area contributed by atoms with E-state index in [0.29, 0.717) is 18.8 Å². The summed E-state index contributed by atoms with van der Waals surface area (Å²) in [5, 5.41) is 2.52. The predicted octanol–water partition coefficient (Wildman–Crippen LogP) is 0.900. The monoisotopic (exact) mass is 494 g/mol. The number of rotatable bonds is 5. The number of anilines is 1. The molecule has 0 bridgehead atoms. The second-order valence-electron chi connectivity index (χ2n) is 7.89. The lowest BCUT2D eigenvalue weighted by Crippen LogP contribution is -2.37. The Morgan fingerprint density at radius 1 is 1.12 bits per heavy atom. The number of halogens is 1. The smallest absolute Gasteiger partial charge is 0.324 e. The van der Waals surface area contributed by atoms with Gasteiger partial charge in [0.1, 0.15) is 6.54 Å². The Hall–Kier alpha value is -2.96. The minimum Gasteiger partial charge on any atom is -0.324 e. The van der Waals surface area contributed by atoms with Gasteiger partial charge in [-0.1, -0.05) is 12.5 Å². The first-order valence-corrected chi connectivity index (χ1v) is 12.1. The van der Waals surface area contributed by atoms with Crippen LogP contribution in [0.15, 0.2) is 38.8 Å². The quantitative estimate of drug-likeness (QED) is 0.525. The zero-order valence-electron chi connectivity index (χ0n) is 18.1. The topological polar surface area (TPSA) is 128 Å². The van der Waals surface area contributed by atoms with Crippen molar-refractivity contribution in [3.05, 3.63) is 50.4 Å². The van der Waals surface area contributed by atoms with Crippen LogP contribution >= 0.6 is 11.6 Å². The second kappa shape index (κ2) is 8.76. The summed E-state index contributed by atoms with van der Waals surface area (Å²) < 4.78 is 30.6. The van der Waals surface area contributed by atoms with Crippen LogP contribution in [-0.4, -0.2) is 50.4 Å². The van der Waals surface area contributed by atoms with Gasteiger partial charge in [-0.2, -0.15) is 9.29 Å². The number of nitrogens with zero attached hydrogens (tertiary/aromatic N) is 5. The summed E-state index contributed by atoms with van der Waals surface area (Å²) in [5.41, 5.74) is -0.824. The molecule has 2 aromatic heterocycles. The summed E-state index contributed by atoms with van der Waals surface area (Å²) in [6.07, 6.45) is 2.64. The van der Waals surface area contributed by atoms with E-state index in [-0.39, 0.29) is 27.9 Å². The van der Waals surface area contributed by atoms with E-state index in [2.05, 4.69) is 10.3 Å². The summed E-state index contributed by atoms with van der Waals surface area (Å²) in [6.45, 7) is 0.594. The SMILES string of the molecule is Cn1c(=O)c2c(nc(Cl)n2CC(=O)Nc2cccc(S(=O)(=O)N3CCCCC3)c2)n(C)c1=O. The van der Waals surface area contributed by atoms with Gasteiger partial charge in [-0.25, -0.2) is 13.2 Å². The van der Waals surface area contributed by atoms with E-state index < -0.39 is 27.2 Å². The highest BCUT2D eigenvalue weighted by Gasteiger charge is 2.26. The van der Waals surface area contributed by atoms with E-state index >= 15 is 0 Å². The van der Waals surface area contributed by atoms with Crippen LogP contribution < -0.4 is 16.6 Å². The van der Waals surface area contributed by atoms with Gasteiger partial charge in [0.05, 0.1) is 4.90 Å². The van der Waals surface area contributed by atoms with Crippen LogP contribution in [0, 0.1) is 0 Å². The lowest BCUT2D eigenvalue weighted by atomic mass is 10.2. The third-order valence-electron chi connectivity index (χ3n) is 5.67. The third-order valence-corrected chi connectivity index (χ3v) is 7.86. The van der Waals surface area contributed by atoms with Crippen molar-refractivity contribution in [2.45, 2.75) is 30.7 Å². The summed E-state index contributed by atoms with van der Waals surface area (Å²) in [5.74, 6) is -0.542. The van der Waals surface area contributed by atoms with Crippen LogP contribution in [0.2, 0.25) is 5.28 Å². The Morgan fingerprint density at radius 2 is 1.82 bits per heavy atom. The number of sulfonamides is 1. The molecule has 1 aliphatic heterocycles. The lowest BCUT2D eigenvalue weighted by molar-refractivity contribution is -0.116. The van der Waals surface area contributed by atoms with E-state index in [1.807, 2.05) is 0 Å². The van der Waals surface area contributed by atoms with Crippen molar-refractivity contribution in [3.63, 3.8) is 0 Å². The number of fused-ring (bicyclic) bond motifs is 1. The maximum atomic E-state index is 12.9. The number of nitrogens with one attached hydrogen (secondary N) is 1. The number of hydrogen-bond acceptors (Lipinski definition) is 6. The van der Waals surface area contributed by atoms with Crippen LogP contribution in [0.3, 0.4) is 0 Å². The van der Waals surface area contributed by atoms with Crippen LogP contribution in [0.1, 0.15) is 19.3 Å². The Balaban J connectivity index is 1.60.